The first kappa shape index (κ1) is 6.97. The summed E-state index contributed by atoms with van der Waals surface area (Å²) in [6.45, 7) is 0. The van der Waals surface area contributed by atoms with Gasteiger partial charge in [-0.2, -0.15) is 0 Å². The van der Waals surface area contributed by atoms with Crippen LogP contribution in [-0.4, -0.2) is 16.2 Å². The van der Waals surface area contributed by atoms with Gasteiger partial charge in [-0.1, -0.05) is 0 Å². The number of rotatable bonds is 0. The third-order valence-electron chi connectivity index (χ3n) is 1.72. The molecular formula is C8H6O4. The molecule has 0 aromatic heterocycles. The summed E-state index contributed by atoms with van der Waals surface area (Å²) in [4.78, 5) is 10.7. The lowest BCUT2D eigenvalue weighted by atomic mass is 10.1. The minimum Gasteiger partial charge on any atom is -0.504 e. The highest BCUT2D eigenvalue weighted by Gasteiger charge is 2.22. The van der Waals surface area contributed by atoms with E-state index in [2.05, 4.69) is 0 Å². The molecule has 0 amide bonds. The van der Waals surface area contributed by atoms with E-state index in [-0.39, 0.29) is 23.9 Å². The van der Waals surface area contributed by atoms with Gasteiger partial charge in [-0.3, -0.25) is 4.79 Å². The van der Waals surface area contributed by atoms with Crippen molar-refractivity contribution in [3.63, 3.8) is 0 Å². The lowest BCUT2D eigenvalue weighted by Gasteiger charge is -1.99. The number of ether oxygens (including phenoxy) is 1. The van der Waals surface area contributed by atoms with Crippen LogP contribution >= 0.6 is 0 Å². The second-order valence-electron chi connectivity index (χ2n) is 2.60. The van der Waals surface area contributed by atoms with Gasteiger partial charge in [0.05, 0.1) is 6.42 Å². The molecule has 1 aliphatic heterocycles. The Kier molecular flexibility index (Phi) is 1.24. The maximum atomic E-state index is 10.7. The number of esters is 1. The third kappa shape index (κ3) is 0.887. The van der Waals surface area contributed by atoms with E-state index < -0.39 is 0 Å². The topological polar surface area (TPSA) is 66.8 Å². The largest absolute Gasteiger partial charge is 0.504 e. The first-order valence-electron chi connectivity index (χ1n) is 3.42. The first-order chi connectivity index (χ1) is 5.66. The number of hydrogen-bond donors (Lipinski definition) is 2. The van der Waals surface area contributed by atoms with E-state index >= 15 is 0 Å². The van der Waals surface area contributed by atoms with Crippen molar-refractivity contribution in [2.75, 3.05) is 0 Å². The van der Waals surface area contributed by atoms with Crippen molar-refractivity contribution in [3.8, 4) is 17.2 Å². The monoisotopic (exact) mass is 166 g/mol. The summed E-state index contributed by atoms with van der Waals surface area (Å²) in [5.41, 5.74) is 0.607. The average molecular weight is 166 g/mol. The van der Waals surface area contributed by atoms with Crippen molar-refractivity contribution in [2.24, 2.45) is 0 Å². The lowest BCUT2D eigenvalue weighted by Crippen LogP contribution is -2.00. The van der Waals surface area contributed by atoms with Gasteiger partial charge < -0.3 is 14.9 Å². The molecule has 12 heavy (non-hydrogen) atoms. The summed E-state index contributed by atoms with van der Waals surface area (Å²) >= 11 is 0. The summed E-state index contributed by atoms with van der Waals surface area (Å²) in [5, 5.41) is 18.1. The fourth-order valence-corrected chi connectivity index (χ4v) is 1.15. The summed E-state index contributed by atoms with van der Waals surface area (Å²) in [6, 6.07) is 2.56. The Bertz CT molecular complexity index is 323. The van der Waals surface area contributed by atoms with Crippen LogP contribution in [0.15, 0.2) is 12.1 Å². The van der Waals surface area contributed by atoms with E-state index in [0.29, 0.717) is 11.3 Å². The third-order valence-corrected chi connectivity index (χ3v) is 1.72. The molecule has 62 valence electrons. The zero-order chi connectivity index (χ0) is 8.72. The molecule has 2 N–H and O–H groups in total. The average Bonchev–Trinajstić information content (AvgIpc) is 2.30. The van der Waals surface area contributed by atoms with E-state index in [1.807, 2.05) is 0 Å². The van der Waals surface area contributed by atoms with Crippen LogP contribution in [0.25, 0.3) is 0 Å². The number of carbonyl (C=O) groups excluding carboxylic acids is 1. The molecule has 0 unspecified atom stereocenters. The predicted molar refractivity (Wildman–Crippen MR) is 39.1 cm³/mol. The van der Waals surface area contributed by atoms with Gasteiger partial charge in [0.25, 0.3) is 0 Å². The van der Waals surface area contributed by atoms with Crippen LogP contribution in [0.3, 0.4) is 0 Å². The van der Waals surface area contributed by atoms with Crippen molar-refractivity contribution in [3.05, 3.63) is 17.7 Å². The number of carbonyl (C=O) groups is 1. The fourth-order valence-electron chi connectivity index (χ4n) is 1.15. The number of phenolic OH excluding ortho intramolecular Hbond substituents is 2. The molecule has 0 fully saturated rings. The lowest BCUT2D eigenvalue weighted by molar-refractivity contribution is -0.131. The SMILES string of the molecule is O=C1Cc2cc(O)c(O)cc2O1. The van der Waals surface area contributed by atoms with Gasteiger partial charge in [-0.25, -0.2) is 0 Å². The predicted octanol–water partition coefficient (Wildman–Crippen LogP) is 0.559. The highest BCUT2D eigenvalue weighted by Crippen LogP contribution is 2.36. The van der Waals surface area contributed by atoms with E-state index in [1.165, 1.54) is 12.1 Å². The minimum atomic E-state index is -0.366. The normalized spacial score (nSPS) is 14.2. The molecular weight excluding hydrogens is 160 g/mol. The van der Waals surface area contributed by atoms with Crippen LogP contribution in [0.2, 0.25) is 0 Å². The Morgan fingerprint density at radius 2 is 1.92 bits per heavy atom. The number of aromatic hydroxyl groups is 2. The van der Waals surface area contributed by atoms with Crippen molar-refractivity contribution in [1.82, 2.24) is 0 Å². The van der Waals surface area contributed by atoms with E-state index in [4.69, 9.17) is 14.9 Å². The van der Waals surface area contributed by atoms with Gasteiger partial charge in [0, 0.05) is 11.6 Å². The number of fused-ring (bicyclic) bond motifs is 1. The van der Waals surface area contributed by atoms with Gasteiger partial charge in [0.15, 0.2) is 11.5 Å². The number of benzene rings is 1. The molecule has 1 aromatic carbocycles. The van der Waals surface area contributed by atoms with Gasteiger partial charge in [-0.15, -0.1) is 0 Å². The molecule has 4 heteroatoms. The highest BCUT2D eigenvalue weighted by atomic mass is 16.5. The molecule has 1 aromatic rings. The van der Waals surface area contributed by atoms with Gasteiger partial charge in [-0.05, 0) is 6.07 Å². The summed E-state index contributed by atoms with van der Waals surface area (Å²) in [7, 11) is 0. The maximum Gasteiger partial charge on any atom is 0.315 e. The molecule has 0 saturated heterocycles. The zero-order valence-electron chi connectivity index (χ0n) is 6.07. The molecule has 0 saturated carbocycles. The second kappa shape index (κ2) is 2.14. The molecule has 0 spiro atoms. The van der Waals surface area contributed by atoms with Crippen LogP contribution in [-0.2, 0) is 11.2 Å². The van der Waals surface area contributed by atoms with Crippen molar-refractivity contribution in [1.29, 1.82) is 0 Å². The summed E-state index contributed by atoms with van der Waals surface area (Å²) < 4.78 is 4.73. The quantitative estimate of drug-likeness (QED) is 0.335. The Hall–Kier alpha value is -1.71. The van der Waals surface area contributed by atoms with Crippen molar-refractivity contribution >= 4 is 5.97 Å². The summed E-state index contributed by atoms with van der Waals surface area (Å²) in [6.07, 6.45) is 0.156. The number of hydrogen-bond acceptors (Lipinski definition) is 4. The molecule has 4 nitrogen and oxygen atoms in total. The standard InChI is InChI=1S/C8H6O4/c9-5-1-4-2-8(11)12-7(4)3-6(5)10/h1,3,9-10H,2H2. The second-order valence-corrected chi connectivity index (χ2v) is 2.60. The van der Waals surface area contributed by atoms with Gasteiger partial charge in [0.2, 0.25) is 0 Å². The maximum absolute atomic E-state index is 10.7. The Balaban J connectivity index is 2.55. The van der Waals surface area contributed by atoms with Gasteiger partial charge in [0.1, 0.15) is 5.75 Å². The van der Waals surface area contributed by atoms with Gasteiger partial charge >= 0.3 is 5.97 Å². The number of phenols is 2. The van der Waals surface area contributed by atoms with E-state index in [1.54, 1.807) is 0 Å². The molecule has 0 bridgehead atoms. The molecule has 1 heterocycles. The van der Waals surface area contributed by atoms with Crippen LogP contribution in [0.1, 0.15) is 5.56 Å². The minimum absolute atomic E-state index is 0.156. The Morgan fingerprint density at radius 1 is 1.25 bits per heavy atom. The smallest absolute Gasteiger partial charge is 0.315 e. The van der Waals surface area contributed by atoms with Crippen LogP contribution in [0.5, 0.6) is 17.2 Å². The van der Waals surface area contributed by atoms with Crippen LogP contribution < -0.4 is 4.74 Å². The van der Waals surface area contributed by atoms with Crippen LogP contribution in [0, 0.1) is 0 Å². The first-order valence-corrected chi connectivity index (χ1v) is 3.42. The summed E-state index contributed by atoms with van der Waals surface area (Å²) in [5.74, 6) is -0.541. The molecule has 1 aliphatic rings. The zero-order valence-corrected chi connectivity index (χ0v) is 6.07. The van der Waals surface area contributed by atoms with Crippen LogP contribution in [0.4, 0.5) is 0 Å². The van der Waals surface area contributed by atoms with Crippen molar-refractivity contribution in [2.45, 2.75) is 6.42 Å². The van der Waals surface area contributed by atoms with E-state index in [0.717, 1.165) is 0 Å². The Morgan fingerprint density at radius 3 is 2.67 bits per heavy atom. The highest BCUT2D eigenvalue weighted by molar-refractivity contribution is 5.81. The molecule has 0 aliphatic carbocycles. The molecule has 0 atom stereocenters. The fraction of sp³-hybridized carbons (Fsp3) is 0.125. The van der Waals surface area contributed by atoms with Crippen molar-refractivity contribution < 1.29 is 19.7 Å². The molecule has 2 rings (SSSR count). The molecule has 0 radical (unpaired) electrons. The van der Waals surface area contributed by atoms with E-state index in [9.17, 15) is 4.79 Å². The Labute approximate surface area is 68.0 Å².